The molecule has 0 saturated carbocycles. The highest BCUT2D eigenvalue weighted by Gasteiger charge is 2.35. The average Bonchev–Trinajstić information content (AvgIpc) is 3.00. The standard InChI is InChI=1S/C25H32NO3P/c1-3-4-5-6-7-8-9-10-17-26-24(27)22-16-13-20(18-23(22)25(26)28)29-19-11-14-21(30-2)15-12-19/h11,13-14,16,18H,2-10,12,15,17H2,1H3. The van der Waals surface area contributed by atoms with E-state index in [1.165, 1.54) is 48.7 Å². The molecule has 2 amide bonds. The molecule has 0 spiro atoms. The molecule has 2 aliphatic rings. The normalized spacial score (nSPS) is 16.0. The third kappa shape index (κ3) is 5.70. The van der Waals surface area contributed by atoms with Crippen LogP contribution in [0, 0.1) is 0 Å². The van der Waals surface area contributed by atoms with Gasteiger partial charge in [-0.3, -0.25) is 14.5 Å². The Bertz CT molecular complexity index is 856. The Hall–Kier alpha value is -2.19. The minimum Gasteiger partial charge on any atom is -0.462 e. The summed E-state index contributed by atoms with van der Waals surface area (Å²) in [4.78, 5) is 26.8. The van der Waals surface area contributed by atoms with Crippen molar-refractivity contribution in [2.45, 2.75) is 71.1 Å². The maximum absolute atomic E-state index is 12.8. The molecule has 0 saturated heterocycles. The van der Waals surface area contributed by atoms with Crippen molar-refractivity contribution in [2.24, 2.45) is 0 Å². The molecule has 160 valence electrons. The van der Waals surface area contributed by atoms with Crippen molar-refractivity contribution < 1.29 is 14.3 Å². The molecule has 1 heterocycles. The summed E-state index contributed by atoms with van der Waals surface area (Å²) in [6.45, 7) is 2.72. The number of nitrogens with zero attached hydrogens (tertiary/aromatic N) is 1. The van der Waals surface area contributed by atoms with E-state index in [0.717, 1.165) is 39.6 Å². The zero-order chi connectivity index (χ0) is 21.3. The van der Waals surface area contributed by atoms with Crippen LogP contribution in [0.2, 0.25) is 0 Å². The Morgan fingerprint density at radius 3 is 2.30 bits per heavy atom. The highest BCUT2D eigenvalue weighted by molar-refractivity contribution is 7.41. The van der Waals surface area contributed by atoms with Gasteiger partial charge in [0.05, 0.1) is 11.1 Å². The fourth-order valence-electron chi connectivity index (χ4n) is 3.92. The topological polar surface area (TPSA) is 46.6 Å². The largest absolute Gasteiger partial charge is 0.462 e. The summed E-state index contributed by atoms with van der Waals surface area (Å²) >= 11 is 0. The van der Waals surface area contributed by atoms with Crippen LogP contribution in [0.1, 0.15) is 91.8 Å². The van der Waals surface area contributed by atoms with Gasteiger partial charge in [-0.1, -0.05) is 72.4 Å². The number of carbonyl (C=O) groups excluding carboxylic acids is 2. The van der Waals surface area contributed by atoms with Gasteiger partial charge in [-0.15, -0.1) is 0 Å². The van der Waals surface area contributed by atoms with Crippen LogP contribution < -0.4 is 4.74 Å². The van der Waals surface area contributed by atoms with Gasteiger partial charge in [0.2, 0.25) is 0 Å². The van der Waals surface area contributed by atoms with E-state index in [1.807, 2.05) is 12.2 Å². The molecular weight excluding hydrogens is 393 g/mol. The molecule has 0 aromatic heterocycles. The van der Waals surface area contributed by atoms with Crippen molar-refractivity contribution in [3.8, 4) is 5.75 Å². The minimum absolute atomic E-state index is 0.177. The van der Waals surface area contributed by atoms with E-state index in [1.54, 1.807) is 18.2 Å². The zero-order valence-electron chi connectivity index (χ0n) is 18.0. The lowest BCUT2D eigenvalue weighted by Gasteiger charge is -2.14. The molecule has 0 N–H and O–H groups in total. The molecule has 3 rings (SSSR count). The van der Waals surface area contributed by atoms with Gasteiger partial charge in [0.15, 0.2) is 0 Å². The quantitative estimate of drug-likeness (QED) is 0.212. The summed E-state index contributed by atoms with van der Waals surface area (Å²) in [5.74, 6) is 1.11. The van der Waals surface area contributed by atoms with Crippen LogP contribution in [0.15, 0.2) is 41.4 Å². The molecule has 1 aromatic carbocycles. The van der Waals surface area contributed by atoms with Crippen LogP contribution in [0.3, 0.4) is 0 Å². The average molecular weight is 426 g/mol. The summed E-state index contributed by atoms with van der Waals surface area (Å²) in [6.07, 6.45) is 19.2. The number of benzene rings is 1. The molecule has 0 unspecified atom stereocenters. The highest BCUT2D eigenvalue weighted by Crippen LogP contribution is 2.31. The van der Waals surface area contributed by atoms with Gasteiger partial charge >= 0.3 is 0 Å². The van der Waals surface area contributed by atoms with Gasteiger partial charge in [0, 0.05) is 13.0 Å². The SMILES string of the molecule is C=PC1=CC=C(Oc2ccc3c(c2)C(=O)N(CCCCCCCCCC)C3=O)CC1. The Morgan fingerprint density at radius 2 is 1.63 bits per heavy atom. The number of imide groups is 1. The summed E-state index contributed by atoms with van der Waals surface area (Å²) in [6, 6.07) is 5.21. The maximum Gasteiger partial charge on any atom is 0.261 e. The summed E-state index contributed by atoms with van der Waals surface area (Å²) < 4.78 is 5.96. The maximum atomic E-state index is 12.8. The van der Waals surface area contributed by atoms with Crippen LogP contribution in [-0.2, 0) is 0 Å². The van der Waals surface area contributed by atoms with Gasteiger partial charge in [0.25, 0.3) is 11.8 Å². The second kappa shape index (κ2) is 11.3. The third-order valence-electron chi connectivity index (χ3n) is 5.72. The van der Waals surface area contributed by atoms with E-state index in [4.69, 9.17) is 4.74 Å². The second-order valence-corrected chi connectivity index (χ2v) is 8.89. The summed E-state index contributed by atoms with van der Waals surface area (Å²) in [5, 5.41) is 1.29. The molecule has 0 fully saturated rings. The minimum atomic E-state index is -0.195. The molecule has 0 atom stereocenters. The van der Waals surface area contributed by atoms with E-state index in [2.05, 4.69) is 13.2 Å². The monoisotopic (exact) mass is 425 g/mol. The number of carbonyl (C=O) groups is 2. The van der Waals surface area contributed by atoms with Crippen molar-refractivity contribution in [3.05, 3.63) is 52.6 Å². The van der Waals surface area contributed by atoms with E-state index in [-0.39, 0.29) is 11.8 Å². The first-order valence-corrected chi connectivity index (χ1v) is 12.3. The van der Waals surface area contributed by atoms with Crippen molar-refractivity contribution in [3.63, 3.8) is 0 Å². The first-order valence-electron chi connectivity index (χ1n) is 11.2. The Morgan fingerprint density at radius 1 is 0.933 bits per heavy atom. The Balaban J connectivity index is 1.52. The van der Waals surface area contributed by atoms with Gasteiger partial charge in [-0.2, -0.15) is 0 Å². The van der Waals surface area contributed by atoms with Crippen molar-refractivity contribution in [1.29, 1.82) is 0 Å². The van der Waals surface area contributed by atoms with Gasteiger partial charge in [-0.25, -0.2) is 0 Å². The lowest BCUT2D eigenvalue weighted by atomic mass is 10.1. The number of ether oxygens (including phenoxy) is 1. The van der Waals surface area contributed by atoms with Crippen molar-refractivity contribution >= 4 is 26.3 Å². The predicted octanol–water partition coefficient (Wildman–Crippen LogP) is 6.74. The molecule has 1 aromatic rings. The van der Waals surface area contributed by atoms with E-state index in [9.17, 15) is 9.59 Å². The smallest absolute Gasteiger partial charge is 0.261 e. The van der Waals surface area contributed by atoms with E-state index < -0.39 is 0 Å². The molecule has 0 bridgehead atoms. The molecular formula is C25H32NO3P. The molecule has 4 nitrogen and oxygen atoms in total. The molecule has 0 radical (unpaired) electrons. The van der Waals surface area contributed by atoms with Crippen LogP contribution in [0.5, 0.6) is 5.75 Å². The lowest BCUT2D eigenvalue weighted by molar-refractivity contribution is 0.0651. The Kier molecular flexibility index (Phi) is 8.45. The summed E-state index contributed by atoms with van der Waals surface area (Å²) in [7, 11) is 1.04. The van der Waals surface area contributed by atoms with Crippen molar-refractivity contribution in [2.75, 3.05) is 6.54 Å². The van der Waals surface area contributed by atoms with Crippen LogP contribution in [0.4, 0.5) is 0 Å². The third-order valence-corrected chi connectivity index (χ3v) is 6.50. The fourth-order valence-corrected chi connectivity index (χ4v) is 4.37. The van der Waals surface area contributed by atoms with Gasteiger partial charge < -0.3 is 4.74 Å². The van der Waals surface area contributed by atoms with Gasteiger partial charge in [0.1, 0.15) is 11.5 Å². The Labute approximate surface area is 181 Å². The second-order valence-electron chi connectivity index (χ2n) is 8.00. The molecule has 30 heavy (non-hydrogen) atoms. The fraction of sp³-hybridized carbons (Fsp3) is 0.480. The van der Waals surface area contributed by atoms with Crippen LogP contribution in [-0.4, -0.2) is 29.6 Å². The molecule has 1 aliphatic heterocycles. The predicted molar refractivity (Wildman–Crippen MR) is 124 cm³/mol. The zero-order valence-corrected chi connectivity index (χ0v) is 18.9. The number of rotatable bonds is 12. The number of hydrogen-bond donors (Lipinski definition) is 0. The summed E-state index contributed by atoms with van der Waals surface area (Å²) in [5.41, 5.74) is 0.948. The van der Waals surface area contributed by atoms with Crippen LogP contribution in [0.25, 0.3) is 0 Å². The van der Waals surface area contributed by atoms with Crippen molar-refractivity contribution in [1.82, 2.24) is 4.90 Å². The lowest BCUT2D eigenvalue weighted by Crippen LogP contribution is -2.30. The molecule has 5 heteroatoms. The molecule has 1 aliphatic carbocycles. The highest BCUT2D eigenvalue weighted by atomic mass is 31.1. The first-order chi connectivity index (χ1) is 14.6. The van der Waals surface area contributed by atoms with E-state index in [0.29, 0.717) is 23.4 Å². The number of amides is 2. The van der Waals surface area contributed by atoms with Crippen LogP contribution >= 0.6 is 8.20 Å². The number of fused-ring (bicyclic) bond motifs is 1. The van der Waals surface area contributed by atoms with Gasteiger partial charge in [-0.05, 0) is 42.4 Å². The first kappa shape index (κ1) is 22.5. The number of allylic oxidation sites excluding steroid dienone is 4. The number of hydrogen-bond acceptors (Lipinski definition) is 3. The van der Waals surface area contributed by atoms with E-state index >= 15 is 0 Å². The number of unbranched alkanes of at least 4 members (excludes halogenated alkanes) is 7.